The molecule has 182 valence electrons. The summed E-state index contributed by atoms with van der Waals surface area (Å²) in [5, 5.41) is 6.03. The average Bonchev–Trinajstić information content (AvgIpc) is 3.35. The van der Waals surface area contributed by atoms with Gasteiger partial charge in [0.1, 0.15) is 0 Å². The predicted molar refractivity (Wildman–Crippen MR) is 146 cm³/mol. The van der Waals surface area contributed by atoms with Crippen LogP contribution in [0.2, 0.25) is 0 Å². The summed E-state index contributed by atoms with van der Waals surface area (Å²) in [4.78, 5) is 31.9. The fourth-order valence-corrected chi connectivity index (χ4v) is 4.89. The molecule has 3 aromatic rings. The number of fused-ring (bicyclic) bond motifs is 1. The smallest absolute Gasteiger partial charge is 0.256 e. The lowest BCUT2D eigenvalue weighted by Gasteiger charge is -2.17. The first-order valence-electron chi connectivity index (χ1n) is 12.0. The minimum Gasteiger partial charge on any atom is -0.358 e. The zero-order valence-corrected chi connectivity index (χ0v) is 22.0. The molecule has 0 radical (unpaired) electrons. The molecule has 0 bridgehead atoms. The number of amides is 2. The number of nitrogens with one attached hydrogen (secondary N) is 3. The molecule has 2 amide bonds. The number of hydrogen-bond donors (Lipinski definition) is 3. The maximum absolute atomic E-state index is 13.4. The summed E-state index contributed by atoms with van der Waals surface area (Å²) < 4.78 is 0.898. The number of carbonyl (C=O) groups excluding carboxylic acids is 2. The van der Waals surface area contributed by atoms with Crippen molar-refractivity contribution in [3.8, 4) is 11.1 Å². The van der Waals surface area contributed by atoms with Crippen LogP contribution >= 0.6 is 15.9 Å². The number of carbonyl (C=O) groups is 2. The van der Waals surface area contributed by atoms with E-state index in [9.17, 15) is 9.59 Å². The van der Waals surface area contributed by atoms with Crippen LogP contribution in [0, 0.1) is 6.92 Å². The van der Waals surface area contributed by atoms with E-state index in [0.717, 1.165) is 64.3 Å². The molecule has 0 saturated heterocycles. The second-order valence-corrected chi connectivity index (χ2v) is 9.53. The summed E-state index contributed by atoms with van der Waals surface area (Å²) in [6, 6.07) is 15.5. The molecule has 0 saturated carbocycles. The zero-order valence-electron chi connectivity index (χ0n) is 20.4. The van der Waals surface area contributed by atoms with Crippen molar-refractivity contribution in [1.82, 2.24) is 15.2 Å². The Morgan fingerprint density at radius 3 is 2.57 bits per heavy atom. The van der Waals surface area contributed by atoms with Crippen molar-refractivity contribution in [1.29, 1.82) is 0 Å². The van der Waals surface area contributed by atoms with Gasteiger partial charge in [-0.05, 0) is 62.8 Å². The molecule has 0 aliphatic carbocycles. The zero-order chi connectivity index (χ0) is 24.9. The number of nitrogens with zero attached hydrogens (tertiary/aromatic N) is 1. The van der Waals surface area contributed by atoms with Crippen molar-refractivity contribution in [2.45, 2.75) is 27.2 Å². The highest BCUT2D eigenvalue weighted by Gasteiger charge is 2.27. The SMILES string of the molecule is CCN(CC)CCCNC(=O)c1c(C)[nH]c(/C=C2\C(=O)Nc3ccc(Br)cc32)c1-c1ccccc1. The molecule has 2 aromatic carbocycles. The Morgan fingerprint density at radius 1 is 1.11 bits per heavy atom. The number of hydrogen-bond acceptors (Lipinski definition) is 3. The van der Waals surface area contributed by atoms with Crippen LogP contribution in [0.5, 0.6) is 0 Å². The first kappa shape index (κ1) is 24.9. The normalized spacial score (nSPS) is 13.9. The third-order valence-electron chi connectivity index (χ3n) is 6.39. The van der Waals surface area contributed by atoms with Gasteiger partial charge in [-0.2, -0.15) is 0 Å². The Labute approximate surface area is 214 Å². The van der Waals surface area contributed by atoms with Crippen LogP contribution in [0.1, 0.15) is 47.6 Å². The topological polar surface area (TPSA) is 77.2 Å². The van der Waals surface area contributed by atoms with Gasteiger partial charge < -0.3 is 20.5 Å². The van der Waals surface area contributed by atoms with Gasteiger partial charge in [0.15, 0.2) is 0 Å². The maximum atomic E-state index is 13.4. The van der Waals surface area contributed by atoms with Crippen molar-refractivity contribution in [2.75, 3.05) is 31.5 Å². The number of anilines is 1. The summed E-state index contributed by atoms with van der Waals surface area (Å²) in [7, 11) is 0. The van der Waals surface area contributed by atoms with E-state index < -0.39 is 0 Å². The Bertz CT molecular complexity index is 1260. The van der Waals surface area contributed by atoms with Crippen LogP contribution in [0.25, 0.3) is 22.8 Å². The molecule has 1 aliphatic heterocycles. The molecule has 0 fully saturated rings. The number of halogens is 1. The van der Waals surface area contributed by atoms with Gasteiger partial charge in [-0.15, -0.1) is 0 Å². The van der Waals surface area contributed by atoms with E-state index >= 15 is 0 Å². The van der Waals surface area contributed by atoms with Gasteiger partial charge in [0.2, 0.25) is 0 Å². The van der Waals surface area contributed by atoms with Crippen molar-refractivity contribution in [3.05, 3.63) is 75.5 Å². The van der Waals surface area contributed by atoms with Gasteiger partial charge in [0.05, 0.1) is 11.1 Å². The van der Waals surface area contributed by atoms with Gasteiger partial charge in [-0.3, -0.25) is 9.59 Å². The van der Waals surface area contributed by atoms with Crippen LogP contribution in [-0.2, 0) is 4.79 Å². The predicted octanol–water partition coefficient (Wildman–Crippen LogP) is 5.71. The highest BCUT2D eigenvalue weighted by Crippen LogP contribution is 2.38. The standard InChI is InChI=1S/C28H31BrN4O2/c1-4-33(5-2)15-9-14-30-28(35)25-18(3)31-24(26(25)19-10-7-6-8-11-19)17-22-21-16-20(29)12-13-23(21)32-27(22)34/h6-8,10-13,16-17,31H,4-5,9,14-15H2,1-3H3,(H,30,35)(H,32,34)/b22-17-. The lowest BCUT2D eigenvalue weighted by atomic mass is 9.97. The fraction of sp³-hybridized carbons (Fsp3) is 0.286. The summed E-state index contributed by atoms with van der Waals surface area (Å²) in [6.07, 6.45) is 2.74. The van der Waals surface area contributed by atoms with Gasteiger partial charge >= 0.3 is 0 Å². The fourth-order valence-electron chi connectivity index (χ4n) is 4.53. The average molecular weight is 535 g/mol. The summed E-state index contributed by atoms with van der Waals surface area (Å²) >= 11 is 3.50. The van der Waals surface area contributed by atoms with Gasteiger partial charge in [-0.1, -0.05) is 60.1 Å². The summed E-state index contributed by atoms with van der Waals surface area (Å²) in [5.74, 6) is -0.271. The van der Waals surface area contributed by atoms with E-state index in [-0.39, 0.29) is 11.8 Å². The quantitative estimate of drug-likeness (QED) is 0.243. The molecule has 6 nitrogen and oxygen atoms in total. The van der Waals surface area contributed by atoms with Crippen LogP contribution in [-0.4, -0.2) is 47.9 Å². The van der Waals surface area contributed by atoms with Gasteiger partial charge in [0, 0.05) is 39.2 Å². The molecule has 0 atom stereocenters. The van der Waals surface area contributed by atoms with Crippen molar-refractivity contribution in [3.63, 3.8) is 0 Å². The van der Waals surface area contributed by atoms with Gasteiger partial charge in [0.25, 0.3) is 11.8 Å². The second-order valence-electron chi connectivity index (χ2n) is 8.62. The van der Waals surface area contributed by atoms with E-state index in [1.807, 2.05) is 61.5 Å². The Morgan fingerprint density at radius 2 is 1.86 bits per heavy atom. The molecular formula is C28H31BrN4O2. The van der Waals surface area contributed by atoms with Gasteiger partial charge in [-0.25, -0.2) is 0 Å². The minimum absolute atomic E-state index is 0.110. The lowest BCUT2D eigenvalue weighted by molar-refractivity contribution is -0.110. The maximum Gasteiger partial charge on any atom is 0.256 e. The van der Waals surface area contributed by atoms with Crippen LogP contribution in [0.4, 0.5) is 5.69 Å². The molecule has 1 aliphatic rings. The molecule has 7 heteroatoms. The van der Waals surface area contributed by atoms with Crippen molar-refractivity contribution >= 4 is 45.1 Å². The molecule has 2 heterocycles. The summed E-state index contributed by atoms with van der Waals surface area (Å²) in [5.41, 5.74) is 6.01. The Balaban J connectivity index is 1.69. The van der Waals surface area contributed by atoms with E-state index in [4.69, 9.17) is 0 Å². The monoisotopic (exact) mass is 534 g/mol. The molecule has 0 unspecified atom stereocenters. The molecular weight excluding hydrogens is 504 g/mol. The number of aryl methyl sites for hydroxylation is 1. The Kier molecular flexibility index (Phi) is 7.88. The molecule has 1 aromatic heterocycles. The van der Waals surface area contributed by atoms with Crippen molar-refractivity contribution in [2.24, 2.45) is 0 Å². The van der Waals surface area contributed by atoms with E-state index in [1.54, 1.807) is 0 Å². The van der Waals surface area contributed by atoms with Crippen LogP contribution in [0.3, 0.4) is 0 Å². The third kappa shape index (κ3) is 5.41. The highest BCUT2D eigenvalue weighted by atomic mass is 79.9. The molecule has 35 heavy (non-hydrogen) atoms. The van der Waals surface area contributed by atoms with E-state index in [0.29, 0.717) is 17.7 Å². The third-order valence-corrected chi connectivity index (χ3v) is 6.88. The van der Waals surface area contributed by atoms with E-state index in [1.165, 1.54) is 0 Å². The first-order chi connectivity index (χ1) is 16.9. The van der Waals surface area contributed by atoms with E-state index in [2.05, 4.69) is 50.3 Å². The minimum atomic E-state index is -0.160. The number of H-pyrrole nitrogens is 1. The largest absolute Gasteiger partial charge is 0.358 e. The number of aromatic amines is 1. The first-order valence-corrected chi connectivity index (χ1v) is 12.8. The molecule has 4 rings (SSSR count). The number of rotatable bonds is 9. The van der Waals surface area contributed by atoms with Crippen LogP contribution in [0.15, 0.2) is 53.0 Å². The van der Waals surface area contributed by atoms with Crippen LogP contribution < -0.4 is 10.6 Å². The van der Waals surface area contributed by atoms with Crippen molar-refractivity contribution < 1.29 is 9.59 Å². The Hall–Kier alpha value is -3.16. The lowest BCUT2D eigenvalue weighted by Crippen LogP contribution is -2.30. The molecule has 0 spiro atoms. The second kappa shape index (κ2) is 11.1. The number of aromatic nitrogens is 1. The summed E-state index contributed by atoms with van der Waals surface area (Å²) in [6.45, 7) is 9.76. The highest BCUT2D eigenvalue weighted by molar-refractivity contribution is 9.10. The number of benzene rings is 2. The molecule has 3 N–H and O–H groups in total.